The minimum absolute atomic E-state index is 0.445. The molecule has 2 unspecified atom stereocenters. The first-order valence-corrected chi connectivity index (χ1v) is 14.2. The van der Waals surface area contributed by atoms with Crippen molar-refractivity contribution >= 4 is 44.2 Å². The van der Waals surface area contributed by atoms with Gasteiger partial charge in [-0.15, -0.1) is 0 Å². The fourth-order valence-corrected chi connectivity index (χ4v) is 6.95. The van der Waals surface area contributed by atoms with Crippen molar-refractivity contribution in [1.82, 2.24) is 14.4 Å². The van der Waals surface area contributed by atoms with Gasteiger partial charge in [0.2, 0.25) is 0 Å². The van der Waals surface area contributed by atoms with Gasteiger partial charge in [-0.1, -0.05) is 17.8 Å². The molecule has 3 aliphatic rings. The molecule has 0 saturated carbocycles. The van der Waals surface area contributed by atoms with Crippen LogP contribution in [0.3, 0.4) is 0 Å². The highest BCUT2D eigenvalue weighted by atomic mass is 32.2. The molecule has 1 N–H and O–H groups in total. The van der Waals surface area contributed by atoms with Crippen LogP contribution in [0.25, 0.3) is 10.9 Å². The quantitative estimate of drug-likeness (QED) is 0.445. The number of nitrogens with zero attached hydrogens (tertiary/aromatic N) is 3. The van der Waals surface area contributed by atoms with Crippen molar-refractivity contribution in [3.05, 3.63) is 48.3 Å². The molecule has 7 nitrogen and oxygen atoms in total. The molecule has 1 fully saturated rings. The third kappa shape index (κ3) is 5.18. The first-order chi connectivity index (χ1) is 16.5. The van der Waals surface area contributed by atoms with Crippen LogP contribution in [0.1, 0.15) is 5.69 Å². The number of thioether (sulfide) groups is 1. The fraction of sp³-hybridized carbons (Fsp3) is 0.480. The van der Waals surface area contributed by atoms with Crippen LogP contribution in [-0.4, -0.2) is 96.0 Å². The maximum atomic E-state index is 11.7. The molecule has 0 amide bonds. The van der Waals surface area contributed by atoms with E-state index in [1.165, 1.54) is 5.69 Å². The number of rotatable bonds is 8. The standard InChI is InChI=1S/C25H33N4O3S2/c1-29(8-4-3-5-9-29)23-16-20(32-11-10-31-2)14-19-15-22(27-24(19)23)25-26-17-21(33-25)18-28-6-12-34(30)13-7-28/h3-5,8,14-16,21,27H,6-7,9-13,17-18H2,1-2H3/q+1. The molecule has 3 aliphatic heterocycles. The maximum Gasteiger partial charge on any atom is 0.165 e. The number of ether oxygens (including phenoxy) is 2. The van der Waals surface area contributed by atoms with Gasteiger partial charge in [0.1, 0.15) is 35.7 Å². The number of fused-ring (bicyclic) bond motifs is 1. The minimum Gasteiger partial charge on any atom is -0.491 e. The van der Waals surface area contributed by atoms with Crippen molar-refractivity contribution in [3.8, 4) is 5.75 Å². The summed E-state index contributed by atoms with van der Waals surface area (Å²) in [5.74, 6) is 2.45. The van der Waals surface area contributed by atoms with E-state index in [1.54, 1.807) is 7.11 Å². The van der Waals surface area contributed by atoms with Gasteiger partial charge in [0, 0.05) is 65.8 Å². The topological polar surface area (TPSA) is 66.9 Å². The van der Waals surface area contributed by atoms with E-state index in [-0.39, 0.29) is 0 Å². The van der Waals surface area contributed by atoms with Gasteiger partial charge in [-0.2, -0.15) is 0 Å². The fourth-order valence-electron chi connectivity index (χ4n) is 4.69. The molecule has 182 valence electrons. The number of nitrogens with one attached hydrogen (secondary N) is 1. The van der Waals surface area contributed by atoms with Gasteiger partial charge >= 0.3 is 0 Å². The lowest BCUT2D eigenvalue weighted by molar-refractivity contribution is 0.146. The number of benzene rings is 1. The van der Waals surface area contributed by atoms with E-state index in [0.717, 1.165) is 71.6 Å². The number of H-pyrrole nitrogens is 1. The Hall–Kier alpha value is -1.91. The summed E-state index contributed by atoms with van der Waals surface area (Å²) in [5.41, 5.74) is 3.38. The Balaban J connectivity index is 1.38. The monoisotopic (exact) mass is 501 g/mol. The number of allylic oxidation sites excluding steroid dienone is 2. The van der Waals surface area contributed by atoms with Gasteiger partial charge in [0.05, 0.1) is 25.9 Å². The average molecular weight is 502 g/mol. The number of aliphatic imine (C=N–C) groups is 1. The van der Waals surface area contributed by atoms with E-state index < -0.39 is 10.8 Å². The second-order valence-electron chi connectivity index (χ2n) is 9.19. The van der Waals surface area contributed by atoms with Gasteiger partial charge < -0.3 is 19.4 Å². The molecule has 1 aromatic carbocycles. The van der Waals surface area contributed by atoms with Crippen molar-refractivity contribution in [2.75, 3.05) is 71.6 Å². The molecular formula is C25H33N4O3S2+. The third-order valence-electron chi connectivity index (χ3n) is 6.61. The number of quaternary nitrogens is 1. The van der Waals surface area contributed by atoms with Crippen LogP contribution in [0, 0.1) is 0 Å². The van der Waals surface area contributed by atoms with E-state index in [1.807, 2.05) is 11.8 Å². The lowest BCUT2D eigenvalue weighted by Gasteiger charge is -2.30. The summed E-state index contributed by atoms with van der Waals surface area (Å²) >= 11 is 1.86. The predicted molar refractivity (Wildman–Crippen MR) is 144 cm³/mol. The summed E-state index contributed by atoms with van der Waals surface area (Å²) in [6.07, 6.45) is 8.62. The van der Waals surface area contributed by atoms with Crippen molar-refractivity contribution < 1.29 is 13.7 Å². The molecule has 1 saturated heterocycles. The molecule has 34 heavy (non-hydrogen) atoms. The molecule has 5 rings (SSSR count). The SMILES string of the molecule is COCCOc1cc([N+]2(C)C=CC=CC2)c2[nH]c(C3=NCC(CN4CCS(=O)CC4)S3)cc2c1. The van der Waals surface area contributed by atoms with Crippen molar-refractivity contribution in [3.63, 3.8) is 0 Å². The smallest absolute Gasteiger partial charge is 0.165 e. The molecule has 1 aromatic heterocycles. The van der Waals surface area contributed by atoms with Crippen LogP contribution < -0.4 is 9.22 Å². The third-order valence-corrected chi connectivity index (χ3v) is 9.09. The molecule has 2 atom stereocenters. The normalized spacial score (nSPS) is 25.8. The highest BCUT2D eigenvalue weighted by molar-refractivity contribution is 8.15. The van der Waals surface area contributed by atoms with Gasteiger partial charge in [0.25, 0.3) is 0 Å². The lowest BCUT2D eigenvalue weighted by Crippen LogP contribution is -2.41. The Bertz CT molecular complexity index is 1150. The van der Waals surface area contributed by atoms with Crippen molar-refractivity contribution in [2.24, 2.45) is 4.99 Å². The Morgan fingerprint density at radius 1 is 1.24 bits per heavy atom. The molecule has 0 spiro atoms. The average Bonchev–Trinajstić information content (AvgIpc) is 3.48. The van der Waals surface area contributed by atoms with Crippen molar-refractivity contribution in [2.45, 2.75) is 5.25 Å². The van der Waals surface area contributed by atoms with Crippen LogP contribution in [0.2, 0.25) is 0 Å². The minimum atomic E-state index is -0.633. The summed E-state index contributed by atoms with van der Waals surface area (Å²) in [4.78, 5) is 11.0. The molecule has 2 aromatic rings. The second kappa shape index (κ2) is 10.4. The molecule has 0 aliphatic carbocycles. The summed E-state index contributed by atoms with van der Waals surface area (Å²) < 4.78 is 23.5. The van der Waals surface area contributed by atoms with E-state index >= 15 is 0 Å². The van der Waals surface area contributed by atoms with Crippen LogP contribution in [0.4, 0.5) is 5.69 Å². The van der Waals surface area contributed by atoms with Gasteiger partial charge in [-0.3, -0.25) is 13.7 Å². The summed E-state index contributed by atoms with van der Waals surface area (Å²) in [6.45, 7) is 5.66. The number of hydrogen-bond acceptors (Lipinski definition) is 6. The van der Waals surface area contributed by atoms with E-state index in [0.29, 0.717) is 22.9 Å². The second-order valence-corrected chi connectivity index (χ2v) is 12.2. The lowest BCUT2D eigenvalue weighted by atomic mass is 10.1. The van der Waals surface area contributed by atoms with Crippen LogP contribution in [0.15, 0.2) is 47.6 Å². The van der Waals surface area contributed by atoms with Gasteiger partial charge in [-0.25, -0.2) is 0 Å². The molecular weight excluding hydrogens is 468 g/mol. The largest absolute Gasteiger partial charge is 0.491 e. The van der Waals surface area contributed by atoms with Gasteiger partial charge in [-0.05, 0) is 24.3 Å². The highest BCUT2D eigenvalue weighted by Gasteiger charge is 2.30. The van der Waals surface area contributed by atoms with Crippen molar-refractivity contribution in [1.29, 1.82) is 0 Å². The van der Waals surface area contributed by atoms with E-state index in [2.05, 4.69) is 59.6 Å². The Labute approximate surface area is 207 Å². The number of aromatic nitrogens is 1. The Morgan fingerprint density at radius 3 is 2.85 bits per heavy atom. The zero-order chi connectivity index (χ0) is 23.5. The van der Waals surface area contributed by atoms with Crippen LogP contribution >= 0.6 is 11.8 Å². The van der Waals surface area contributed by atoms with Crippen LogP contribution in [-0.2, 0) is 15.5 Å². The van der Waals surface area contributed by atoms with E-state index in [4.69, 9.17) is 14.5 Å². The highest BCUT2D eigenvalue weighted by Crippen LogP contribution is 2.38. The zero-order valence-electron chi connectivity index (χ0n) is 19.9. The zero-order valence-corrected chi connectivity index (χ0v) is 21.5. The summed E-state index contributed by atoms with van der Waals surface area (Å²) in [7, 11) is 3.27. The van der Waals surface area contributed by atoms with Crippen LogP contribution in [0.5, 0.6) is 5.75 Å². The summed E-state index contributed by atoms with van der Waals surface area (Å²) in [5, 5.41) is 2.65. The van der Waals surface area contributed by atoms with Gasteiger partial charge in [0.15, 0.2) is 5.69 Å². The number of hydrogen-bond donors (Lipinski definition) is 1. The number of aromatic amines is 1. The molecule has 0 radical (unpaired) electrons. The predicted octanol–water partition coefficient (Wildman–Crippen LogP) is 3.14. The molecule has 0 bridgehead atoms. The maximum absolute atomic E-state index is 11.7. The number of methoxy groups -OCH3 is 1. The Kier molecular flexibility index (Phi) is 7.27. The molecule has 4 heterocycles. The van der Waals surface area contributed by atoms with E-state index in [9.17, 15) is 4.21 Å². The first kappa shape index (κ1) is 23.8. The number of likely N-dealkylation sites (N-methyl/N-ethyl adjacent to an activating group) is 1. The Morgan fingerprint density at radius 2 is 2.09 bits per heavy atom. The summed E-state index contributed by atoms with van der Waals surface area (Å²) in [6, 6.07) is 6.46. The first-order valence-electron chi connectivity index (χ1n) is 11.8. The molecule has 9 heteroatoms.